The van der Waals surface area contributed by atoms with E-state index in [4.69, 9.17) is 3.02 Å². The normalized spacial score (nSPS) is 12.3. The summed E-state index contributed by atoms with van der Waals surface area (Å²) in [5.74, 6) is 0.521. The maximum atomic E-state index is 11.6. The zero-order valence-electron chi connectivity index (χ0n) is 19.6. The molecule has 4 nitrogen and oxygen atoms in total. The van der Waals surface area contributed by atoms with E-state index in [0.29, 0.717) is 14.7 Å². The van der Waals surface area contributed by atoms with Gasteiger partial charge in [0.2, 0.25) is 0 Å². The van der Waals surface area contributed by atoms with E-state index in [1.54, 1.807) is 0 Å². The standard InChI is InChI=1S/C6H3Br2NO3.4C6H5.Sb/c7-4-1-3(9(11)12)2-5(8)6(4)10;4*1-2-4-6-5-3-1;/h1-2,10H;4*1-5H;/q;;;;;+1/p-1. The fourth-order valence-electron chi connectivity index (χ4n) is 4.88. The molecule has 7 heteroatoms. The third-order valence-corrected chi connectivity index (χ3v) is 23.9. The van der Waals surface area contributed by atoms with Crippen LogP contribution in [-0.2, 0) is 0 Å². The first-order chi connectivity index (χ1) is 18.0. The van der Waals surface area contributed by atoms with Gasteiger partial charge in [-0.15, -0.1) is 0 Å². The number of nitrogens with zero attached hydrogens (tertiary/aromatic N) is 1. The molecule has 184 valence electrons. The minimum atomic E-state index is -5.18. The van der Waals surface area contributed by atoms with Crippen LogP contribution < -0.4 is 17.1 Å². The number of non-ortho nitro benzene ring substituents is 1. The van der Waals surface area contributed by atoms with E-state index in [0.717, 1.165) is 14.0 Å². The SMILES string of the molecule is O=[N+]([O-])c1cc(Br)c([O][Sb]([c]2ccccc2)([c]2ccccc2)([c]2ccccc2)[c]2ccccc2)c(Br)c1. The molecule has 5 rings (SSSR count). The van der Waals surface area contributed by atoms with Crippen molar-refractivity contribution in [3.8, 4) is 5.75 Å². The van der Waals surface area contributed by atoms with Crippen molar-refractivity contribution >= 4 is 69.4 Å². The molecule has 0 unspecified atom stereocenters. The summed E-state index contributed by atoms with van der Waals surface area (Å²) in [6.07, 6.45) is 0. The van der Waals surface area contributed by atoms with E-state index in [-0.39, 0.29) is 5.69 Å². The van der Waals surface area contributed by atoms with Gasteiger partial charge in [0.25, 0.3) is 0 Å². The Kier molecular flexibility index (Phi) is 7.26. The molecule has 0 aliphatic rings. The molecule has 37 heavy (non-hydrogen) atoms. The molecule has 0 aliphatic heterocycles. The molecule has 0 saturated heterocycles. The van der Waals surface area contributed by atoms with Gasteiger partial charge in [-0.25, -0.2) is 0 Å². The van der Waals surface area contributed by atoms with Crippen molar-refractivity contribution in [1.29, 1.82) is 0 Å². The summed E-state index contributed by atoms with van der Waals surface area (Å²) in [4.78, 5) is 11.2. The van der Waals surface area contributed by atoms with Crippen LogP contribution in [0.25, 0.3) is 0 Å². The van der Waals surface area contributed by atoms with Gasteiger partial charge in [0, 0.05) is 0 Å². The Morgan fingerprint density at radius 2 is 0.865 bits per heavy atom. The molecule has 0 radical (unpaired) electrons. The molecule has 0 heterocycles. The summed E-state index contributed by atoms with van der Waals surface area (Å²) in [5.41, 5.74) is -0.0289. The minimum absolute atomic E-state index is 0.0289. The van der Waals surface area contributed by atoms with Gasteiger partial charge in [-0.1, -0.05) is 0 Å². The summed E-state index contributed by atoms with van der Waals surface area (Å²) < 4.78 is 12.9. The van der Waals surface area contributed by atoms with Crippen LogP contribution in [0.1, 0.15) is 0 Å². The van der Waals surface area contributed by atoms with E-state index < -0.39 is 22.7 Å². The van der Waals surface area contributed by atoms with Crippen molar-refractivity contribution in [1.82, 2.24) is 0 Å². The number of halogens is 2. The predicted octanol–water partition coefficient (Wildman–Crippen LogP) is 6.03. The van der Waals surface area contributed by atoms with Gasteiger partial charge in [0.15, 0.2) is 0 Å². The van der Waals surface area contributed by atoms with Crippen LogP contribution in [0.5, 0.6) is 5.75 Å². The Labute approximate surface area is 234 Å². The number of hydrogen-bond donors (Lipinski definition) is 0. The van der Waals surface area contributed by atoms with Crippen molar-refractivity contribution < 1.29 is 7.94 Å². The number of benzene rings is 5. The monoisotopic (exact) mass is 723 g/mol. The van der Waals surface area contributed by atoms with Gasteiger partial charge in [-0.2, -0.15) is 0 Å². The molecule has 0 saturated carbocycles. The Bertz CT molecular complexity index is 1360. The molecule has 0 N–H and O–H groups in total. The maximum absolute atomic E-state index is 11.6. The number of nitro groups is 1. The van der Waals surface area contributed by atoms with Crippen molar-refractivity contribution in [2.75, 3.05) is 0 Å². The van der Waals surface area contributed by atoms with Crippen LogP contribution in [0.2, 0.25) is 0 Å². The van der Waals surface area contributed by atoms with Crippen LogP contribution in [0.15, 0.2) is 142 Å². The Morgan fingerprint density at radius 1 is 0.568 bits per heavy atom. The summed E-state index contributed by atoms with van der Waals surface area (Å²) >= 11 is 2.03. The van der Waals surface area contributed by atoms with Crippen LogP contribution in [-0.4, -0.2) is 22.7 Å². The molecule has 0 atom stereocenters. The molecular weight excluding hydrogens is 704 g/mol. The molecule has 0 amide bonds. The third kappa shape index (κ3) is 4.21. The van der Waals surface area contributed by atoms with Crippen molar-refractivity contribution in [3.05, 3.63) is 153 Å². The number of nitro benzene ring substituents is 1. The average molecular weight is 726 g/mol. The fourth-order valence-corrected chi connectivity index (χ4v) is 23.3. The summed E-state index contributed by atoms with van der Waals surface area (Å²) in [6.45, 7) is 0. The summed E-state index contributed by atoms with van der Waals surface area (Å²) in [5, 5.41) is 11.6. The molecular formula is C30H22Br2NO3Sb. The van der Waals surface area contributed by atoms with Crippen molar-refractivity contribution in [3.63, 3.8) is 0 Å². The van der Waals surface area contributed by atoms with Crippen LogP contribution >= 0.6 is 31.9 Å². The fraction of sp³-hybridized carbons (Fsp3) is 0. The quantitative estimate of drug-likeness (QED) is 0.117. The van der Waals surface area contributed by atoms with E-state index in [2.05, 4.69) is 80.4 Å². The number of hydrogen-bond acceptors (Lipinski definition) is 3. The number of rotatable bonds is 7. The van der Waals surface area contributed by atoms with E-state index in [1.807, 2.05) is 72.8 Å². The second kappa shape index (κ2) is 10.4. The molecule has 0 bridgehead atoms. The van der Waals surface area contributed by atoms with Gasteiger partial charge in [0.05, 0.1) is 0 Å². The van der Waals surface area contributed by atoms with Crippen LogP contribution in [0.4, 0.5) is 5.69 Å². The van der Waals surface area contributed by atoms with E-state index in [9.17, 15) is 10.1 Å². The van der Waals surface area contributed by atoms with Crippen molar-refractivity contribution in [2.24, 2.45) is 0 Å². The summed E-state index contributed by atoms with van der Waals surface area (Å²) in [6, 6.07) is 44.5. The zero-order chi connectivity index (χ0) is 25.9. The molecule has 5 aromatic rings. The van der Waals surface area contributed by atoms with E-state index in [1.165, 1.54) is 12.1 Å². The van der Waals surface area contributed by atoms with Crippen LogP contribution in [0, 0.1) is 10.1 Å². The predicted molar refractivity (Wildman–Crippen MR) is 159 cm³/mol. The molecule has 0 fully saturated rings. The molecule has 5 aromatic carbocycles. The van der Waals surface area contributed by atoms with E-state index >= 15 is 0 Å². The molecule has 0 aromatic heterocycles. The Balaban J connectivity index is 2.02. The van der Waals surface area contributed by atoms with Gasteiger partial charge < -0.3 is 0 Å². The molecule has 0 spiro atoms. The Hall–Kier alpha value is -2.92. The van der Waals surface area contributed by atoms with Crippen LogP contribution in [0.3, 0.4) is 0 Å². The average Bonchev–Trinajstić information content (AvgIpc) is 2.95. The Morgan fingerprint density at radius 3 is 1.14 bits per heavy atom. The summed E-state index contributed by atoms with van der Waals surface area (Å²) in [7, 11) is 0. The van der Waals surface area contributed by atoms with Gasteiger partial charge in [0.1, 0.15) is 0 Å². The van der Waals surface area contributed by atoms with Gasteiger partial charge >= 0.3 is 236 Å². The third-order valence-electron chi connectivity index (χ3n) is 6.46. The first-order valence-corrected chi connectivity index (χ1v) is 19.3. The molecule has 0 aliphatic carbocycles. The second-order valence-corrected chi connectivity index (χ2v) is 22.5. The van der Waals surface area contributed by atoms with Gasteiger partial charge in [-0.05, 0) is 0 Å². The first kappa shape index (κ1) is 25.7. The topological polar surface area (TPSA) is 52.4 Å². The zero-order valence-corrected chi connectivity index (χ0v) is 25.3. The second-order valence-electron chi connectivity index (χ2n) is 8.47. The van der Waals surface area contributed by atoms with Crippen molar-refractivity contribution in [2.45, 2.75) is 0 Å². The first-order valence-electron chi connectivity index (χ1n) is 11.5. The van der Waals surface area contributed by atoms with Gasteiger partial charge in [-0.3, -0.25) is 0 Å².